The number of hydrogen-bond donors (Lipinski definition) is 0. The van der Waals surface area contributed by atoms with Crippen LogP contribution in [0.15, 0.2) is 18.3 Å². The third-order valence-corrected chi connectivity index (χ3v) is 4.55. The van der Waals surface area contributed by atoms with Gasteiger partial charge in [0.1, 0.15) is 5.82 Å². The molecule has 1 aromatic rings. The molecule has 0 amide bonds. The lowest BCUT2D eigenvalue weighted by atomic mass is 9.79. The molecule has 2 aliphatic heterocycles. The molecule has 98 valence electrons. The van der Waals surface area contributed by atoms with Crippen molar-refractivity contribution in [2.24, 2.45) is 5.41 Å². The lowest BCUT2D eigenvalue weighted by Gasteiger charge is -2.41. The summed E-state index contributed by atoms with van der Waals surface area (Å²) in [5.41, 5.74) is 0.494. The van der Waals surface area contributed by atoms with Crippen LogP contribution < -0.4 is 4.90 Å². The fraction of sp³-hybridized carbons (Fsp3) is 0.643. The van der Waals surface area contributed by atoms with Crippen molar-refractivity contribution in [3.63, 3.8) is 0 Å². The van der Waals surface area contributed by atoms with Crippen molar-refractivity contribution in [1.29, 1.82) is 0 Å². The van der Waals surface area contributed by atoms with Crippen LogP contribution in [0.2, 0.25) is 5.02 Å². The monoisotopic (exact) mass is 265 g/mol. The molecule has 3 nitrogen and oxygen atoms in total. The molecular formula is C14H20ClN3. The number of pyridine rings is 1. The van der Waals surface area contributed by atoms with Gasteiger partial charge in [-0.05, 0) is 45.0 Å². The standard InChI is InChI=1S/C14H20ClN3/c1-17-8-6-14(10-17)5-2-7-18(11-14)13-4-3-12(15)9-16-13/h3-4,9H,2,5-8,10-11H2,1H3. The first kappa shape index (κ1) is 12.2. The second kappa shape index (κ2) is 4.71. The fourth-order valence-electron chi connectivity index (χ4n) is 3.45. The SMILES string of the molecule is CN1CCC2(CCCN(c3ccc(Cl)cn3)C2)C1. The highest BCUT2D eigenvalue weighted by Gasteiger charge is 2.40. The Balaban J connectivity index is 1.76. The molecular weight excluding hydrogens is 246 g/mol. The van der Waals surface area contributed by atoms with E-state index >= 15 is 0 Å². The van der Waals surface area contributed by atoms with E-state index in [4.69, 9.17) is 11.6 Å². The number of halogens is 1. The highest BCUT2D eigenvalue weighted by atomic mass is 35.5. The van der Waals surface area contributed by atoms with Gasteiger partial charge in [-0.3, -0.25) is 0 Å². The Morgan fingerprint density at radius 1 is 1.22 bits per heavy atom. The van der Waals surface area contributed by atoms with Gasteiger partial charge in [0.25, 0.3) is 0 Å². The molecule has 0 N–H and O–H groups in total. The molecule has 0 aromatic carbocycles. The van der Waals surface area contributed by atoms with Gasteiger partial charge >= 0.3 is 0 Å². The van der Waals surface area contributed by atoms with Gasteiger partial charge in [0.15, 0.2) is 0 Å². The first-order valence-electron chi connectivity index (χ1n) is 6.72. The molecule has 1 unspecified atom stereocenters. The van der Waals surface area contributed by atoms with Crippen LogP contribution in [0.3, 0.4) is 0 Å². The minimum Gasteiger partial charge on any atom is -0.356 e. The third-order valence-electron chi connectivity index (χ3n) is 4.33. The molecule has 1 atom stereocenters. The molecule has 2 aliphatic rings. The molecule has 18 heavy (non-hydrogen) atoms. The number of aromatic nitrogens is 1. The van der Waals surface area contributed by atoms with Crippen molar-refractivity contribution < 1.29 is 0 Å². The molecule has 2 saturated heterocycles. The lowest BCUT2D eigenvalue weighted by molar-refractivity contribution is 0.233. The van der Waals surface area contributed by atoms with Crippen LogP contribution in [0.4, 0.5) is 5.82 Å². The van der Waals surface area contributed by atoms with E-state index in [1.807, 2.05) is 12.1 Å². The topological polar surface area (TPSA) is 19.4 Å². The first-order valence-corrected chi connectivity index (χ1v) is 7.10. The summed E-state index contributed by atoms with van der Waals surface area (Å²) in [5, 5.41) is 0.714. The summed E-state index contributed by atoms with van der Waals surface area (Å²) in [6.07, 6.45) is 5.71. The molecule has 3 heterocycles. The smallest absolute Gasteiger partial charge is 0.128 e. The predicted molar refractivity (Wildman–Crippen MR) is 75.2 cm³/mol. The lowest BCUT2D eigenvalue weighted by Crippen LogP contribution is -2.45. The van der Waals surface area contributed by atoms with E-state index in [0.717, 1.165) is 18.9 Å². The van der Waals surface area contributed by atoms with Gasteiger partial charge < -0.3 is 9.80 Å². The number of piperidine rings is 1. The van der Waals surface area contributed by atoms with Crippen LogP contribution in [0, 0.1) is 5.41 Å². The Bertz CT molecular complexity index is 416. The molecule has 0 radical (unpaired) electrons. The van der Waals surface area contributed by atoms with Gasteiger partial charge in [-0.2, -0.15) is 0 Å². The van der Waals surface area contributed by atoms with E-state index in [9.17, 15) is 0 Å². The van der Waals surface area contributed by atoms with Gasteiger partial charge in [-0.15, -0.1) is 0 Å². The molecule has 1 aromatic heterocycles. The fourth-order valence-corrected chi connectivity index (χ4v) is 3.56. The molecule has 0 saturated carbocycles. The molecule has 4 heteroatoms. The minimum absolute atomic E-state index is 0.494. The zero-order chi connectivity index (χ0) is 12.6. The van der Waals surface area contributed by atoms with Crippen LogP contribution >= 0.6 is 11.6 Å². The van der Waals surface area contributed by atoms with Crippen LogP contribution in [-0.2, 0) is 0 Å². The quantitative estimate of drug-likeness (QED) is 0.778. The highest BCUT2D eigenvalue weighted by molar-refractivity contribution is 6.30. The number of anilines is 1. The Hall–Kier alpha value is -0.800. The molecule has 2 fully saturated rings. The van der Waals surface area contributed by atoms with Crippen LogP contribution in [0.1, 0.15) is 19.3 Å². The van der Waals surface area contributed by atoms with E-state index in [0.29, 0.717) is 10.4 Å². The molecule has 0 bridgehead atoms. The Labute approximate surface area is 114 Å². The van der Waals surface area contributed by atoms with Crippen molar-refractivity contribution in [2.75, 3.05) is 38.1 Å². The zero-order valence-electron chi connectivity index (χ0n) is 10.9. The predicted octanol–water partition coefficient (Wildman–Crippen LogP) is 2.66. The second-order valence-electron chi connectivity index (χ2n) is 5.85. The van der Waals surface area contributed by atoms with Crippen molar-refractivity contribution in [2.45, 2.75) is 19.3 Å². The summed E-state index contributed by atoms with van der Waals surface area (Å²) in [6.45, 7) is 4.74. The number of likely N-dealkylation sites (tertiary alicyclic amines) is 1. The Morgan fingerprint density at radius 3 is 2.78 bits per heavy atom. The maximum absolute atomic E-state index is 5.90. The normalized spacial score (nSPS) is 29.1. The van der Waals surface area contributed by atoms with Gasteiger partial charge in [0.05, 0.1) is 5.02 Å². The van der Waals surface area contributed by atoms with Gasteiger partial charge in [0, 0.05) is 31.2 Å². The third kappa shape index (κ3) is 2.34. The average Bonchev–Trinajstić information content (AvgIpc) is 2.71. The minimum atomic E-state index is 0.494. The number of hydrogen-bond acceptors (Lipinski definition) is 3. The van der Waals surface area contributed by atoms with Gasteiger partial charge in [0.2, 0.25) is 0 Å². The summed E-state index contributed by atoms with van der Waals surface area (Å²) in [5.74, 6) is 1.08. The van der Waals surface area contributed by atoms with Crippen molar-refractivity contribution >= 4 is 17.4 Å². The van der Waals surface area contributed by atoms with Crippen molar-refractivity contribution in [1.82, 2.24) is 9.88 Å². The number of rotatable bonds is 1. The first-order chi connectivity index (χ1) is 8.67. The van der Waals surface area contributed by atoms with Crippen molar-refractivity contribution in [3.05, 3.63) is 23.4 Å². The van der Waals surface area contributed by atoms with Crippen molar-refractivity contribution in [3.8, 4) is 0 Å². The van der Waals surface area contributed by atoms with E-state index < -0.39 is 0 Å². The summed E-state index contributed by atoms with van der Waals surface area (Å²) >= 11 is 5.90. The van der Waals surface area contributed by atoms with E-state index in [1.165, 1.54) is 32.4 Å². The zero-order valence-corrected chi connectivity index (χ0v) is 11.7. The Kier molecular flexibility index (Phi) is 3.20. The summed E-state index contributed by atoms with van der Waals surface area (Å²) < 4.78 is 0. The maximum atomic E-state index is 5.90. The summed E-state index contributed by atoms with van der Waals surface area (Å²) in [7, 11) is 2.23. The van der Waals surface area contributed by atoms with Gasteiger partial charge in [-0.1, -0.05) is 11.6 Å². The van der Waals surface area contributed by atoms with Crippen LogP contribution in [-0.4, -0.2) is 43.1 Å². The van der Waals surface area contributed by atoms with Crippen LogP contribution in [0.25, 0.3) is 0 Å². The van der Waals surface area contributed by atoms with E-state index in [-0.39, 0.29) is 0 Å². The highest BCUT2D eigenvalue weighted by Crippen LogP contribution is 2.39. The molecule has 1 spiro atoms. The molecule has 0 aliphatic carbocycles. The summed E-state index contributed by atoms with van der Waals surface area (Å²) in [6, 6.07) is 3.98. The van der Waals surface area contributed by atoms with Gasteiger partial charge in [-0.25, -0.2) is 4.98 Å². The van der Waals surface area contributed by atoms with Crippen LogP contribution in [0.5, 0.6) is 0 Å². The summed E-state index contributed by atoms with van der Waals surface area (Å²) in [4.78, 5) is 9.34. The maximum Gasteiger partial charge on any atom is 0.128 e. The average molecular weight is 266 g/mol. The molecule has 3 rings (SSSR count). The Morgan fingerprint density at radius 2 is 2.11 bits per heavy atom. The van der Waals surface area contributed by atoms with E-state index in [1.54, 1.807) is 6.20 Å². The largest absolute Gasteiger partial charge is 0.356 e. The number of nitrogens with zero attached hydrogens (tertiary/aromatic N) is 3. The van der Waals surface area contributed by atoms with E-state index in [2.05, 4.69) is 21.8 Å². The second-order valence-corrected chi connectivity index (χ2v) is 6.28.